The molecule has 25 heavy (non-hydrogen) atoms. The van der Waals surface area contributed by atoms with Crippen LogP contribution in [0.4, 0.5) is 0 Å². The molecule has 1 aromatic carbocycles. The number of esters is 1. The molecule has 0 heterocycles. The third-order valence-corrected chi connectivity index (χ3v) is 5.41. The van der Waals surface area contributed by atoms with Crippen molar-refractivity contribution in [1.82, 2.24) is 0 Å². The third-order valence-electron chi connectivity index (χ3n) is 5.41. The van der Waals surface area contributed by atoms with Crippen molar-refractivity contribution in [2.75, 3.05) is 0 Å². The molecule has 1 aliphatic carbocycles. The normalized spacial score (nSPS) is 20.2. The van der Waals surface area contributed by atoms with Gasteiger partial charge in [-0.15, -0.1) is 6.58 Å². The van der Waals surface area contributed by atoms with Crippen molar-refractivity contribution in [3.05, 3.63) is 42.5 Å². The summed E-state index contributed by atoms with van der Waals surface area (Å²) in [5.74, 6) is 1.56. The zero-order valence-corrected chi connectivity index (χ0v) is 15.8. The fraction of sp³-hybridized carbons (Fsp3) is 0.609. The van der Waals surface area contributed by atoms with Gasteiger partial charge >= 0.3 is 5.97 Å². The first kappa shape index (κ1) is 19.8. The summed E-state index contributed by atoms with van der Waals surface area (Å²) in [6, 6.07) is 7.99. The molecule has 1 aliphatic rings. The zero-order valence-electron chi connectivity index (χ0n) is 15.8. The Bertz CT molecular complexity index is 509. The van der Waals surface area contributed by atoms with E-state index in [0.717, 1.165) is 38.0 Å². The molecule has 2 nitrogen and oxygen atoms in total. The highest BCUT2D eigenvalue weighted by molar-refractivity contribution is 5.75. The molecule has 0 amide bonds. The largest absolute Gasteiger partial charge is 0.426 e. The molecule has 2 heteroatoms. The second-order valence-electron chi connectivity index (χ2n) is 7.46. The molecule has 0 bridgehead atoms. The summed E-state index contributed by atoms with van der Waals surface area (Å²) in [4.78, 5) is 12.4. The molecule has 0 N–H and O–H groups in total. The maximum absolute atomic E-state index is 12.4. The maximum atomic E-state index is 12.4. The Labute approximate surface area is 153 Å². The van der Waals surface area contributed by atoms with E-state index in [0.29, 0.717) is 5.75 Å². The van der Waals surface area contributed by atoms with E-state index >= 15 is 0 Å². The molecule has 0 aliphatic heterocycles. The highest BCUT2D eigenvalue weighted by atomic mass is 16.5. The minimum absolute atomic E-state index is 0.0357. The van der Waals surface area contributed by atoms with Crippen LogP contribution in [0, 0.1) is 11.8 Å². The fourth-order valence-corrected chi connectivity index (χ4v) is 3.74. The average Bonchev–Trinajstić information content (AvgIpc) is 2.64. The number of hydrogen-bond acceptors (Lipinski definition) is 2. The van der Waals surface area contributed by atoms with Crippen molar-refractivity contribution in [1.29, 1.82) is 0 Å². The molecule has 0 atom stereocenters. The molecule has 0 aromatic heterocycles. The molecule has 0 unspecified atom stereocenters. The first-order chi connectivity index (χ1) is 12.2. The molecule has 0 spiro atoms. The monoisotopic (exact) mass is 342 g/mol. The van der Waals surface area contributed by atoms with Crippen LogP contribution in [0.15, 0.2) is 36.9 Å². The van der Waals surface area contributed by atoms with Gasteiger partial charge in [-0.05, 0) is 68.6 Å². The van der Waals surface area contributed by atoms with Crippen LogP contribution in [0.1, 0.15) is 76.7 Å². The number of aryl methyl sites for hydroxylation is 1. The van der Waals surface area contributed by atoms with Gasteiger partial charge in [-0.1, -0.05) is 50.8 Å². The Hall–Kier alpha value is -1.57. The predicted octanol–water partition coefficient (Wildman–Crippen LogP) is 6.49. The molecule has 0 saturated heterocycles. The van der Waals surface area contributed by atoms with Crippen LogP contribution in [-0.4, -0.2) is 5.97 Å². The van der Waals surface area contributed by atoms with Crippen LogP contribution in [-0.2, 0) is 11.2 Å². The van der Waals surface area contributed by atoms with Gasteiger partial charge in [0.2, 0.25) is 0 Å². The van der Waals surface area contributed by atoms with E-state index in [2.05, 4.69) is 25.6 Å². The van der Waals surface area contributed by atoms with Crippen molar-refractivity contribution >= 4 is 5.97 Å². The van der Waals surface area contributed by atoms with Crippen molar-refractivity contribution in [2.45, 2.75) is 77.6 Å². The summed E-state index contributed by atoms with van der Waals surface area (Å²) >= 11 is 0. The first-order valence-corrected chi connectivity index (χ1v) is 10.1. The summed E-state index contributed by atoms with van der Waals surface area (Å²) in [6.45, 7) is 6.00. The summed E-state index contributed by atoms with van der Waals surface area (Å²) in [7, 11) is 0. The fourth-order valence-electron chi connectivity index (χ4n) is 3.74. The molecule has 2 rings (SSSR count). The van der Waals surface area contributed by atoms with Crippen LogP contribution in [0.25, 0.3) is 0 Å². The van der Waals surface area contributed by atoms with Gasteiger partial charge < -0.3 is 4.74 Å². The lowest BCUT2D eigenvalue weighted by Crippen LogP contribution is -2.25. The molecule has 1 aromatic rings. The minimum Gasteiger partial charge on any atom is -0.426 e. The van der Waals surface area contributed by atoms with Crippen LogP contribution in [0.2, 0.25) is 0 Å². The molecular formula is C23H34O2. The summed E-state index contributed by atoms with van der Waals surface area (Å²) < 4.78 is 5.61. The van der Waals surface area contributed by atoms with Crippen LogP contribution in [0.3, 0.4) is 0 Å². The first-order valence-electron chi connectivity index (χ1n) is 10.1. The van der Waals surface area contributed by atoms with E-state index < -0.39 is 0 Å². The minimum atomic E-state index is -0.0357. The summed E-state index contributed by atoms with van der Waals surface area (Å²) in [5, 5.41) is 0. The Kier molecular flexibility index (Phi) is 8.79. The van der Waals surface area contributed by atoms with Crippen LogP contribution >= 0.6 is 0 Å². The molecule has 138 valence electrons. The topological polar surface area (TPSA) is 26.3 Å². The molecule has 0 radical (unpaired) electrons. The highest BCUT2D eigenvalue weighted by Crippen LogP contribution is 2.33. The number of rotatable bonds is 10. The SMILES string of the molecule is C=CCCCc1ccc(OC(=O)[C@H]2CC[C@H](CCCCC)CC2)cc1. The van der Waals surface area contributed by atoms with Crippen LogP contribution in [0.5, 0.6) is 5.75 Å². The number of allylic oxidation sites excluding steroid dienone is 1. The van der Waals surface area contributed by atoms with E-state index in [4.69, 9.17) is 4.74 Å². The summed E-state index contributed by atoms with van der Waals surface area (Å²) in [6.07, 6.45) is 14.8. The second-order valence-corrected chi connectivity index (χ2v) is 7.46. The second kappa shape index (κ2) is 11.1. The standard InChI is InChI=1S/C23H34O2/c1-3-5-7-9-19-11-15-21(16-12-19)23(24)25-22-17-13-20(14-18-22)10-8-6-4-2/h4,13-14,17-19,21H,2-3,5-12,15-16H2,1H3/t19-,21-. The third kappa shape index (κ3) is 7.05. The Morgan fingerprint density at radius 1 is 1.12 bits per heavy atom. The predicted molar refractivity (Wildman–Crippen MR) is 105 cm³/mol. The Morgan fingerprint density at radius 2 is 1.84 bits per heavy atom. The quantitative estimate of drug-likeness (QED) is 0.210. The maximum Gasteiger partial charge on any atom is 0.314 e. The van der Waals surface area contributed by atoms with Gasteiger partial charge in [0.05, 0.1) is 5.92 Å². The number of carbonyl (C=O) groups is 1. The van der Waals surface area contributed by atoms with Gasteiger partial charge in [0, 0.05) is 0 Å². The van der Waals surface area contributed by atoms with Crippen LogP contribution < -0.4 is 4.74 Å². The Balaban J connectivity index is 1.72. The zero-order chi connectivity index (χ0) is 17.9. The summed E-state index contributed by atoms with van der Waals surface area (Å²) in [5.41, 5.74) is 1.29. The number of ether oxygens (including phenoxy) is 1. The van der Waals surface area contributed by atoms with Crippen molar-refractivity contribution in [2.24, 2.45) is 11.8 Å². The number of benzene rings is 1. The van der Waals surface area contributed by atoms with Gasteiger partial charge in [-0.2, -0.15) is 0 Å². The van der Waals surface area contributed by atoms with E-state index in [9.17, 15) is 4.79 Å². The Morgan fingerprint density at radius 3 is 2.48 bits per heavy atom. The van der Waals surface area contributed by atoms with Crippen molar-refractivity contribution < 1.29 is 9.53 Å². The van der Waals surface area contributed by atoms with E-state index in [1.807, 2.05) is 18.2 Å². The van der Waals surface area contributed by atoms with Gasteiger partial charge in [0.15, 0.2) is 0 Å². The molecular weight excluding hydrogens is 308 g/mol. The van der Waals surface area contributed by atoms with Crippen molar-refractivity contribution in [3.63, 3.8) is 0 Å². The number of unbranched alkanes of at least 4 members (excludes halogenated alkanes) is 3. The number of carbonyl (C=O) groups excluding carboxylic acids is 1. The van der Waals surface area contributed by atoms with Gasteiger partial charge in [0.1, 0.15) is 5.75 Å². The van der Waals surface area contributed by atoms with Gasteiger partial charge in [-0.3, -0.25) is 4.79 Å². The van der Waals surface area contributed by atoms with E-state index in [1.165, 1.54) is 44.1 Å². The number of hydrogen-bond donors (Lipinski definition) is 0. The van der Waals surface area contributed by atoms with Gasteiger partial charge in [0.25, 0.3) is 0 Å². The van der Waals surface area contributed by atoms with Gasteiger partial charge in [-0.25, -0.2) is 0 Å². The van der Waals surface area contributed by atoms with E-state index in [-0.39, 0.29) is 11.9 Å². The lowest BCUT2D eigenvalue weighted by Gasteiger charge is -2.27. The van der Waals surface area contributed by atoms with E-state index in [1.54, 1.807) is 0 Å². The molecule has 1 saturated carbocycles. The molecule has 1 fully saturated rings. The lowest BCUT2D eigenvalue weighted by molar-refractivity contribution is -0.140. The average molecular weight is 343 g/mol. The lowest BCUT2D eigenvalue weighted by atomic mass is 9.80. The van der Waals surface area contributed by atoms with Crippen molar-refractivity contribution in [3.8, 4) is 5.75 Å². The highest BCUT2D eigenvalue weighted by Gasteiger charge is 2.27. The smallest absolute Gasteiger partial charge is 0.314 e.